The summed E-state index contributed by atoms with van der Waals surface area (Å²) in [5.41, 5.74) is 0.742. The van der Waals surface area contributed by atoms with Gasteiger partial charge in [-0.2, -0.15) is 0 Å². The molecule has 0 fully saturated rings. The molecular formula is C16H20O3. The van der Waals surface area contributed by atoms with E-state index >= 15 is 0 Å². The first-order chi connectivity index (χ1) is 9.00. The van der Waals surface area contributed by atoms with Crippen molar-refractivity contribution in [3.63, 3.8) is 0 Å². The monoisotopic (exact) mass is 260 g/mol. The molecule has 2 rings (SSSR count). The molecule has 2 aromatic rings. The Bertz CT molecular complexity index is 561. The molecule has 2 N–H and O–H groups in total. The summed E-state index contributed by atoms with van der Waals surface area (Å²) in [6.07, 6.45) is -1.51. The summed E-state index contributed by atoms with van der Waals surface area (Å²) in [7, 11) is 0. The Morgan fingerprint density at radius 1 is 0.947 bits per heavy atom. The second-order valence-electron chi connectivity index (χ2n) is 4.94. The second kappa shape index (κ2) is 5.59. The molecular weight excluding hydrogens is 240 g/mol. The first-order valence-corrected chi connectivity index (χ1v) is 6.55. The van der Waals surface area contributed by atoms with Crippen molar-refractivity contribution in [3.8, 4) is 5.75 Å². The smallest absolute Gasteiger partial charge is 0.133 e. The first-order valence-electron chi connectivity index (χ1n) is 6.55. The fourth-order valence-electron chi connectivity index (χ4n) is 2.00. The molecule has 3 atom stereocenters. The summed E-state index contributed by atoms with van der Waals surface area (Å²) < 4.78 is 5.87. The van der Waals surface area contributed by atoms with Crippen LogP contribution in [0.5, 0.6) is 5.75 Å². The number of aliphatic hydroxyl groups excluding tert-OH is 2. The Hall–Kier alpha value is -1.58. The maximum atomic E-state index is 9.87. The van der Waals surface area contributed by atoms with Crippen LogP contribution in [0.3, 0.4) is 0 Å². The van der Waals surface area contributed by atoms with Gasteiger partial charge < -0.3 is 14.9 Å². The molecule has 3 nitrogen and oxygen atoms in total. The predicted molar refractivity (Wildman–Crippen MR) is 76.4 cm³/mol. The van der Waals surface area contributed by atoms with E-state index in [1.807, 2.05) is 43.3 Å². The Labute approximate surface area is 113 Å². The second-order valence-corrected chi connectivity index (χ2v) is 4.94. The summed E-state index contributed by atoms with van der Waals surface area (Å²) in [6.45, 7) is 5.22. The summed E-state index contributed by atoms with van der Waals surface area (Å²) in [5, 5.41) is 21.5. The Balaban J connectivity index is 2.56. The Kier molecular flexibility index (Phi) is 4.08. The first kappa shape index (κ1) is 13.8. The fourth-order valence-corrected chi connectivity index (χ4v) is 2.00. The van der Waals surface area contributed by atoms with Crippen LogP contribution in [-0.4, -0.2) is 22.4 Å². The van der Waals surface area contributed by atoms with Gasteiger partial charge in [0.2, 0.25) is 0 Å². The van der Waals surface area contributed by atoms with Crippen LogP contribution < -0.4 is 4.74 Å². The third-order valence-electron chi connectivity index (χ3n) is 3.34. The van der Waals surface area contributed by atoms with Crippen molar-refractivity contribution in [2.24, 2.45) is 0 Å². The average Bonchev–Trinajstić information content (AvgIpc) is 2.38. The lowest BCUT2D eigenvalue weighted by Gasteiger charge is -2.22. The van der Waals surface area contributed by atoms with E-state index in [4.69, 9.17) is 4.74 Å². The number of rotatable bonds is 4. The zero-order valence-corrected chi connectivity index (χ0v) is 11.5. The molecule has 0 aliphatic carbocycles. The van der Waals surface area contributed by atoms with Gasteiger partial charge in [0.05, 0.1) is 12.2 Å². The zero-order valence-electron chi connectivity index (χ0n) is 11.5. The molecule has 0 radical (unpaired) electrons. The third-order valence-corrected chi connectivity index (χ3v) is 3.34. The van der Waals surface area contributed by atoms with E-state index in [0.29, 0.717) is 5.75 Å². The average molecular weight is 260 g/mol. The molecule has 0 saturated heterocycles. The topological polar surface area (TPSA) is 49.7 Å². The highest BCUT2D eigenvalue weighted by Crippen LogP contribution is 2.34. The van der Waals surface area contributed by atoms with Crippen LogP contribution in [0.25, 0.3) is 10.8 Å². The van der Waals surface area contributed by atoms with Crippen LogP contribution in [0.15, 0.2) is 36.4 Å². The van der Waals surface area contributed by atoms with E-state index in [-0.39, 0.29) is 6.10 Å². The van der Waals surface area contributed by atoms with Gasteiger partial charge in [0, 0.05) is 10.9 Å². The maximum absolute atomic E-state index is 9.87. The van der Waals surface area contributed by atoms with Crippen molar-refractivity contribution in [1.82, 2.24) is 0 Å². The van der Waals surface area contributed by atoms with E-state index in [0.717, 1.165) is 16.3 Å². The van der Waals surface area contributed by atoms with E-state index in [2.05, 4.69) is 0 Å². The lowest BCUT2D eigenvalue weighted by atomic mass is 10.0. The van der Waals surface area contributed by atoms with Gasteiger partial charge in [-0.3, -0.25) is 0 Å². The number of hydrogen-bond acceptors (Lipinski definition) is 3. The number of aliphatic hydroxyl groups is 2. The van der Waals surface area contributed by atoms with Gasteiger partial charge in [0.1, 0.15) is 11.9 Å². The summed E-state index contributed by atoms with van der Waals surface area (Å²) in [5.74, 6) is 0.654. The minimum atomic E-state index is -0.610. The van der Waals surface area contributed by atoms with E-state index in [1.165, 1.54) is 0 Å². The van der Waals surface area contributed by atoms with Crippen LogP contribution in [0.1, 0.15) is 32.4 Å². The fraction of sp³-hybridized carbons (Fsp3) is 0.375. The third kappa shape index (κ3) is 2.88. The van der Waals surface area contributed by atoms with Gasteiger partial charge in [0.15, 0.2) is 0 Å². The van der Waals surface area contributed by atoms with Crippen LogP contribution in [0.4, 0.5) is 0 Å². The molecule has 0 aliphatic rings. The molecule has 0 amide bonds. The van der Waals surface area contributed by atoms with E-state index < -0.39 is 12.2 Å². The number of benzene rings is 2. The minimum absolute atomic E-state index is 0.330. The number of hydrogen-bond donors (Lipinski definition) is 2. The van der Waals surface area contributed by atoms with Gasteiger partial charge in [-0.25, -0.2) is 0 Å². The molecule has 2 aromatic carbocycles. The molecule has 102 valence electrons. The molecule has 0 spiro atoms. The molecule has 3 heteroatoms. The maximum Gasteiger partial charge on any atom is 0.133 e. The minimum Gasteiger partial charge on any atom is -0.487 e. The molecule has 0 saturated carbocycles. The normalized spacial score (nSPS) is 16.1. The Morgan fingerprint density at radius 3 is 2.26 bits per heavy atom. The van der Waals surface area contributed by atoms with Crippen LogP contribution in [0.2, 0.25) is 0 Å². The highest BCUT2D eigenvalue weighted by Gasteiger charge is 2.17. The van der Waals surface area contributed by atoms with Crippen molar-refractivity contribution in [2.45, 2.75) is 39.1 Å². The van der Waals surface area contributed by atoms with Crippen molar-refractivity contribution >= 4 is 10.8 Å². The standard InChI is InChI=1S/C16H20O3/c1-10(17)12(3)19-16-14(11(2)18)9-8-13-6-4-5-7-15(13)16/h4-12,17-18H,1-3H3. The summed E-state index contributed by atoms with van der Waals surface area (Å²) in [4.78, 5) is 0. The van der Waals surface area contributed by atoms with E-state index in [1.54, 1.807) is 13.8 Å². The molecule has 0 bridgehead atoms. The van der Waals surface area contributed by atoms with Gasteiger partial charge in [-0.05, 0) is 26.2 Å². The number of ether oxygens (including phenoxy) is 1. The van der Waals surface area contributed by atoms with Crippen LogP contribution >= 0.6 is 0 Å². The lowest BCUT2D eigenvalue weighted by molar-refractivity contribution is 0.0588. The lowest BCUT2D eigenvalue weighted by Crippen LogP contribution is -2.26. The van der Waals surface area contributed by atoms with Gasteiger partial charge in [-0.15, -0.1) is 0 Å². The van der Waals surface area contributed by atoms with Crippen molar-refractivity contribution < 1.29 is 14.9 Å². The summed E-state index contributed by atoms with van der Waals surface area (Å²) >= 11 is 0. The van der Waals surface area contributed by atoms with Crippen LogP contribution in [-0.2, 0) is 0 Å². The SMILES string of the molecule is CC(O)c1ccc2ccccc2c1OC(C)C(C)O. The molecule has 0 heterocycles. The number of fused-ring (bicyclic) bond motifs is 1. The van der Waals surface area contributed by atoms with Crippen molar-refractivity contribution in [3.05, 3.63) is 42.0 Å². The van der Waals surface area contributed by atoms with Gasteiger partial charge in [-0.1, -0.05) is 36.4 Å². The highest BCUT2D eigenvalue weighted by molar-refractivity contribution is 5.89. The molecule has 0 aliphatic heterocycles. The summed E-state index contributed by atoms with van der Waals surface area (Å²) in [6, 6.07) is 11.7. The van der Waals surface area contributed by atoms with E-state index in [9.17, 15) is 10.2 Å². The highest BCUT2D eigenvalue weighted by atomic mass is 16.5. The van der Waals surface area contributed by atoms with Gasteiger partial charge >= 0.3 is 0 Å². The Morgan fingerprint density at radius 2 is 1.63 bits per heavy atom. The van der Waals surface area contributed by atoms with Crippen LogP contribution in [0, 0.1) is 0 Å². The molecule has 19 heavy (non-hydrogen) atoms. The van der Waals surface area contributed by atoms with Crippen molar-refractivity contribution in [1.29, 1.82) is 0 Å². The largest absolute Gasteiger partial charge is 0.487 e. The van der Waals surface area contributed by atoms with Gasteiger partial charge in [0.25, 0.3) is 0 Å². The molecule has 3 unspecified atom stereocenters. The van der Waals surface area contributed by atoms with Crippen molar-refractivity contribution in [2.75, 3.05) is 0 Å². The molecule has 0 aromatic heterocycles. The quantitative estimate of drug-likeness (QED) is 0.888. The zero-order chi connectivity index (χ0) is 14.0. The predicted octanol–water partition coefficient (Wildman–Crippen LogP) is 3.04.